The second kappa shape index (κ2) is 3.87. The molecule has 1 aromatic heterocycles. The molecule has 84 valence electrons. The molecule has 0 atom stereocenters. The van der Waals surface area contributed by atoms with Crippen LogP contribution in [-0.4, -0.2) is 13.4 Å². The molecule has 0 bridgehead atoms. The number of primary sulfonamides is 1. The van der Waals surface area contributed by atoms with Crippen LogP contribution in [0.2, 0.25) is 5.15 Å². The Hall–Kier alpha value is -0.990. The van der Waals surface area contributed by atoms with Crippen molar-refractivity contribution in [2.45, 2.75) is 11.3 Å². The lowest BCUT2D eigenvalue weighted by Crippen LogP contribution is -2.16. The molecule has 0 aliphatic carbocycles. The molecule has 0 saturated heterocycles. The van der Waals surface area contributed by atoms with E-state index in [1.165, 1.54) is 0 Å². The first-order valence-corrected chi connectivity index (χ1v) is 5.42. The average molecular weight is 258 g/mol. The minimum Gasteiger partial charge on any atom is -0.383 e. The largest absolute Gasteiger partial charge is 0.383 e. The van der Waals surface area contributed by atoms with Gasteiger partial charge >= 0.3 is 0 Å². The first-order valence-electron chi connectivity index (χ1n) is 3.50. The van der Waals surface area contributed by atoms with Crippen molar-refractivity contribution >= 4 is 27.4 Å². The van der Waals surface area contributed by atoms with Crippen LogP contribution in [0.25, 0.3) is 0 Å². The first-order chi connectivity index (χ1) is 6.73. The molecule has 9 heteroatoms. The Morgan fingerprint density at radius 3 is 2.40 bits per heavy atom. The number of pyridine rings is 1. The fourth-order valence-electron chi connectivity index (χ4n) is 0.881. The topological polar surface area (TPSA) is 99.1 Å². The van der Waals surface area contributed by atoms with Gasteiger partial charge in [0.15, 0.2) is 0 Å². The molecular weight excluding hydrogens is 252 g/mol. The monoisotopic (exact) mass is 257 g/mol. The van der Waals surface area contributed by atoms with Gasteiger partial charge in [0.2, 0.25) is 10.0 Å². The van der Waals surface area contributed by atoms with Crippen LogP contribution in [0.3, 0.4) is 0 Å². The zero-order chi connectivity index (χ0) is 11.8. The molecule has 0 fully saturated rings. The Morgan fingerprint density at radius 2 is 2.00 bits per heavy atom. The van der Waals surface area contributed by atoms with E-state index in [1.807, 2.05) is 0 Å². The van der Waals surface area contributed by atoms with Gasteiger partial charge < -0.3 is 5.73 Å². The van der Waals surface area contributed by atoms with Crippen LogP contribution in [0.1, 0.15) is 12.0 Å². The number of alkyl halides is 2. The van der Waals surface area contributed by atoms with Crippen molar-refractivity contribution in [2.24, 2.45) is 5.14 Å². The van der Waals surface area contributed by atoms with Crippen molar-refractivity contribution in [3.8, 4) is 0 Å². The van der Waals surface area contributed by atoms with E-state index >= 15 is 0 Å². The Balaban J connectivity index is 3.50. The van der Waals surface area contributed by atoms with E-state index in [4.69, 9.17) is 22.5 Å². The van der Waals surface area contributed by atoms with Crippen molar-refractivity contribution in [2.75, 3.05) is 5.73 Å². The van der Waals surface area contributed by atoms with Crippen molar-refractivity contribution in [3.63, 3.8) is 0 Å². The summed E-state index contributed by atoms with van der Waals surface area (Å²) in [7, 11) is -4.19. The summed E-state index contributed by atoms with van der Waals surface area (Å²) in [6, 6.07) is 0.616. The second-order valence-corrected chi connectivity index (χ2v) is 4.49. The highest BCUT2D eigenvalue weighted by molar-refractivity contribution is 7.89. The Morgan fingerprint density at radius 1 is 1.47 bits per heavy atom. The SMILES string of the molecule is Nc1nc(Cl)c(C(F)F)cc1S(N)(=O)=O. The van der Waals surface area contributed by atoms with Gasteiger partial charge in [-0.3, -0.25) is 0 Å². The lowest BCUT2D eigenvalue weighted by atomic mass is 10.3. The molecule has 0 spiro atoms. The van der Waals surface area contributed by atoms with E-state index in [-0.39, 0.29) is 0 Å². The van der Waals surface area contributed by atoms with Crippen LogP contribution >= 0.6 is 11.6 Å². The Labute approximate surface area is 89.1 Å². The number of hydrogen-bond donors (Lipinski definition) is 2. The van der Waals surface area contributed by atoms with Crippen LogP contribution in [0, 0.1) is 0 Å². The van der Waals surface area contributed by atoms with Gasteiger partial charge in [0.1, 0.15) is 15.9 Å². The van der Waals surface area contributed by atoms with Gasteiger partial charge in [-0.25, -0.2) is 27.3 Å². The average Bonchev–Trinajstić information content (AvgIpc) is 2.00. The Bertz CT molecular complexity index is 491. The smallest absolute Gasteiger partial charge is 0.266 e. The van der Waals surface area contributed by atoms with Gasteiger partial charge in [0, 0.05) is 0 Å². The summed E-state index contributed by atoms with van der Waals surface area (Å²) in [5.74, 6) is -0.507. The predicted octanol–water partition coefficient (Wildman–Crippen LogP) is 0.902. The highest BCUT2D eigenvalue weighted by Crippen LogP contribution is 2.29. The summed E-state index contributed by atoms with van der Waals surface area (Å²) >= 11 is 5.34. The maximum atomic E-state index is 12.3. The fraction of sp³-hybridized carbons (Fsp3) is 0.167. The molecule has 15 heavy (non-hydrogen) atoms. The van der Waals surface area contributed by atoms with Gasteiger partial charge in [0.05, 0.1) is 5.56 Å². The first kappa shape index (κ1) is 12.1. The molecule has 0 aliphatic rings. The number of nitrogens with zero attached hydrogens (tertiary/aromatic N) is 1. The third-order valence-electron chi connectivity index (χ3n) is 1.54. The predicted molar refractivity (Wildman–Crippen MR) is 50.0 cm³/mol. The zero-order valence-corrected chi connectivity index (χ0v) is 8.69. The second-order valence-electron chi connectivity index (χ2n) is 2.60. The number of halogens is 3. The van der Waals surface area contributed by atoms with E-state index in [1.54, 1.807) is 0 Å². The van der Waals surface area contributed by atoms with Gasteiger partial charge in [0.25, 0.3) is 6.43 Å². The third kappa shape index (κ3) is 2.52. The van der Waals surface area contributed by atoms with Crippen LogP contribution in [0.15, 0.2) is 11.0 Å². The molecule has 0 aliphatic heterocycles. The summed E-state index contributed by atoms with van der Waals surface area (Å²) in [6.07, 6.45) is -2.95. The molecule has 4 N–H and O–H groups in total. The van der Waals surface area contributed by atoms with Crippen LogP contribution in [-0.2, 0) is 10.0 Å². The highest BCUT2D eigenvalue weighted by Gasteiger charge is 2.21. The van der Waals surface area contributed by atoms with Gasteiger partial charge in [-0.15, -0.1) is 0 Å². The lowest BCUT2D eigenvalue weighted by Gasteiger charge is -2.07. The van der Waals surface area contributed by atoms with Crippen molar-refractivity contribution in [1.82, 2.24) is 4.98 Å². The number of rotatable bonds is 2. The molecule has 1 aromatic rings. The number of anilines is 1. The number of hydrogen-bond acceptors (Lipinski definition) is 4. The summed E-state index contributed by atoms with van der Waals surface area (Å²) in [5.41, 5.74) is 4.45. The quantitative estimate of drug-likeness (QED) is 0.769. The van der Waals surface area contributed by atoms with Crippen molar-refractivity contribution in [3.05, 3.63) is 16.8 Å². The van der Waals surface area contributed by atoms with E-state index in [2.05, 4.69) is 4.98 Å². The van der Waals surface area contributed by atoms with E-state index in [0.29, 0.717) is 6.07 Å². The highest BCUT2D eigenvalue weighted by atomic mass is 35.5. The number of sulfonamides is 1. The zero-order valence-electron chi connectivity index (χ0n) is 7.12. The molecular formula is C6H6ClF2N3O2S. The summed E-state index contributed by atoms with van der Waals surface area (Å²) in [6.45, 7) is 0. The van der Waals surface area contributed by atoms with Crippen LogP contribution < -0.4 is 10.9 Å². The minimum atomic E-state index is -4.19. The third-order valence-corrected chi connectivity index (χ3v) is 2.78. The molecule has 0 aromatic carbocycles. The van der Waals surface area contributed by atoms with Crippen LogP contribution in [0.5, 0.6) is 0 Å². The van der Waals surface area contributed by atoms with Crippen LogP contribution in [0.4, 0.5) is 14.6 Å². The van der Waals surface area contributed by atoms with Gasteiger partial charge in [-0.1, -0.05) is 11.6 Å². The number of nitrogens with two attached hydrogens (primary N) is 2. The number of nitrogen functional groups attached to an aromatic ring is 1. The molecule has 1 heterocycles. The maximum absolute atomic E-state index is 12.3. The van der Waals surface area contributed by atoms with Gasteiger partial charge in [-0.2, -0.15) is 0 Å². The Kier molecular flexibility index (Phi) is 3.12. The molecule has 5 nitrogen and oxygen atoms in total. The molecule has 0 amide bonds. The fourth-order valence-corrected chi connectivity index (χ4v) is 1.74. The normalized spacial score (nSPS) is 12.1. The maximum Gasteiger partial charge on any atom is 0.266 e. The summed E-state index contributed by atoms with van der Waals surface area (Å²) in [5, 5.41) is 4.19. The minimum absolute atomic E-state index is 0.507. The molecule has 0 unspecified atom stereocenters. The van der Waals surface area contributed by atoms with E-state index in [0.717, 1.165) is 0 Å². The van der Waals surface area contributed by atoms with E-state index in [9.17, 15) is 17.2 Å². The van der Waals surface area contributed by atoms with Gasteiger partial charge in [-0.05, 0) is 6.07 Å². The summed E-state index contributed by atoms with van der Waals surface area (Å²) < 4.78 is 46.5. The van der Waals surface area contributed by atoms with Crippen molar-refractivity contribution < 1.29 is 17.2 Å². The van der Waals surface area contributed by atoms with E-state index < -0.39 is 37.9 Å². The molecule has 0 saturated carbocycles. The van der Waals surface area contributed by atoms with Crippen molar-refractivity contribution in [1.29, 1.82) is 0 Å². The number of aromatic nitrogens is 1. The lowest BCUT2D eigenvalue weighted by molar-refractivity contribution is 0.151. The molecule has 0 radical (unpaired) electrons. The summed E-state index contributed by atoms with van der Waals surface area (Å²) in [4.78, 5) is 2.60. The molecule has 1 rings (SSSR count). The standard InChI is InChI=1S/C6H6ClF2N3O2S/c7-4-2(5(8)9)1-3(6(10)12-4)15(11,13)14/h1,5H,(H2,10,12)(H2,11,13,14).